The Balaban J connectivity index is 1.19. The molecule has 33 heavy (non-hydrogen) atoms. The van der Waals surface area contributed by atoms with Crippen LogP contribution in [-0.2, 0) is 0 Å². The number of amides is 1. The summed E-state index contributed by atoms with van der Waals surface area (Å²) in [6.07, 6.45) is 0. The summed E-state index contributed by atoms with van der Waals surface area (Å²) in [5.74, 6) is 1.02. The zero-order valence-electron chi connectivity index (χ0n) is 19.0. The predicted molar refractivity (Wildman–Crippen MR) is 133 cm³/mol. The van der Waals surface area contributed by atoms with Crippen LogP contribution in [0.25, 0.3) is 15.9 Å². The highest BCUT2D eigenvalue weighted by molar-refractivity contribution is 7.20. The van der Waals surface area contributed by atoms with Gasteiger partial charge in [0.1, 0.15) is 17.2 Å². The second-order valence-corrected chi connectivity index (χ2v) is 9.49. The van der Waals surface area contributed by atoms with Crippen LogP contribution in [0.2, 0.25) is 0 Å². The molecule has 0 aliphatic carbocycles. The van der Waals surface area contributed by atoms with E-state index in [1.165, 1.54) is 16.9 Å². The van der Waals surface area contributed by atoms with Crippen molar-refractivity contribution in [3.05, 3.63) is 76.8 Å². The molecule has 2 aromatic carbocycles. The molecular formula is C26H28N4O2S. The molecule has 6 nitrogen and oxygen atoms in total. The normalized spacial score (nSPS) is 14.7. The Labute approximate surface area is 198 Å². The average Bonchev–Trinajstić information content (AvgIpc) is 3.41. The van der Waals surface area contributed by atoms with Gasteiger partial charge in [0.15, 0.2) is 0 Å². The first kappa shape index (κ1) is 21.7. The third-order valence-corrected chi connectivity index (χ3v) is 7.21. The minimum absolute atomic E-state index is 0.116. The Bertz CT molecular complexity index is 1240. The summed E-state index contributed by atoms with van der Waals surface area (Å²) in [7, 11) is 0. The fraction of sp³-hybridized carbons (Fsp3) is 0.308. The number of nitrogens with zero attached hydrogens (tertiary/aromatic N) is 4. The van der Waals surface area contributed by atoms with E-state index in [1.54, 1.807) is 0 Å². The van der Waals surface area contributed by atoms with Gasteiger partial charge in [-0.15, -0.1) is 11.3 Å². The van der Waals surface area contributed by atoms with Crippen molar-refractivity contribution in [2.24, 2.45) is 0 Å². The van der Waals surface area contributed by atoms with Crippen molar-refractivity contribution in [1.82, 2.24) is 19.6 Å². The largest absolute Gasteiger partial charge is 0.492 e. The van der Waals surface area contributed by atoms with Gasteiger partial charge >= 0.3 is 0 Å². The van der Waals surface area contributed by atoms with E-state index >= 15 is 0 Å². The maximum absolute atomic E-state index is 13.2. The van der Waals surface area contributed by atoms with Gasteiger partial charge in [-0.1, -0.05) is 35.9 Å². The molecule has 1 fully saturated rings. The molecule has 1 amide bonds. The van der Waals surface area contributed by atoms with Gasteiger partial charge in [0.05, 0.1) is 16.3 Å². The fourth-order valence-corrected chi connectivity index (χ4v) is 5.31. The van der Waals surface area contributed by atoms with E-state index in [9.17, 15) is 4.79 Å². The minimum Gasteiger partial charge on any atom is -0.492 e. The zero-order valence-corrected chi connectivity index (χ0v) is 19.8. The lowest BCUT2D eigenvalue weighted by Gasteiger charge is -2.34. The molecule has 0 radical (unpaired) electrons. The first-order valence-electron chi connectivity index (χ1n) is 11.3. The van der Waals surface area contributed by atoms with Crippen molar-refractivity contribution in [3.63, 3.8) is 0 Å². The molecule has 7 heteroatoms. The molecule has 1 saturated heterocycles. The van der Waals surface area contributed by atoms with Crippen LogP contribution in [0.1, 0.15) is 20.9 Å². The van der Waals surface area contributed by atoms with E-state index in [-0.39, 0.29) is 5.91 Å². The zero-order chi connectivity index (χ0) is 22.8. The molecule has 0 N–H and O–H groups in total. The van der Waals surface area contributed by atoms with Crippen LogP contribution < -0.4 is 4.74 Å². The number of piperazine rings is 1. The van der Waals surface area contributed by atoms with Crippen molar-refractivity contribution in [3.8, 4) is 11.4 Å². The van der Waals surface area contributed by atoms with E-state index in [4.69, 9.17) is 4.74 Å². The Kier molecular flexibility index (Phi) is 6.15. The predicted octanol–water partition coefficient (Wildman–Crippen LogP) is 4.54. The van der Waals surface area contributed by atoms with E-state index in [2.05, 4.69) is 29.1 Å². The number of hydrogen-bond donors (Lipinski definition) is 0. The van der Waals surface area contributed by atoms with Crippen LogP contribution in [0.5, 0.6) is 5.75 Å². The molecule has 0 spiro atoms. The minimum atomic E-state index is 0.116. The highest BCUT2D eigenvalue weighted by atomic mass is 32.1. The first-order valence-corrected chi connectivity index (χ1v) is 12.2. The van der Waals surface area contributed by atoms with Gasteiger partial charge in [0, 0.05) is 38.1 Å². The van der Waals surface area contributed by atoms with Gasteiger partial charge in [-0.3, -0.25) is 9.69 Å². The number of aryl methyl sites for hydroxylation is 2. The quantitative estimate of drug-likeness (QED) is 0.424. The van der Waals surface area contributed by atoms with Crippen LogP contribution in [-0.4, -0.2) is 64.8 Å². The van der Waals surface area contributed by atoms with Gasteiger partial charge in [0.25, 0.3) is 5.91 Å². The topological polar surface area (TPSA) is 50.6 Å². The van der Waals surface area contributed by atoms with Crippen LogP contribution in [0.4, 0.5) is 0 Å². The number of thiophene rings is 1. The fourth-order valence-electron chi connectivity index (χ4n) is 4.15. The summed E-state index contributed by atoms with van der Waals surface area (Å²) in [5, 5.41) is 5.74. The lowest BCUT2D eigenvalue weighted by Crippen LogP contribution is -2.49. The van der Waals surface area contributed by atoms with Crippen molar-refractivity contribution >= 4 is 27.5 Å². The van der Waals surface area contributed by atoms with Crippen LogP contribution >= 0.6 is 11.3 Å². The van der Waals surface area contributed by atoms with Crippen LogP contribution in [0.15, 0.2) is 60.7 Å². The molecule has 170 valence electrons. The van der Waals surface area contributed by atoms with Gasteiger partial charge in [-0.05, 0) is 44.2 Å². The number of hydrogen-bond acceptors (Lipinski definition) is 5. The van der Waals surface area contributed by atoms with Gasteiger partial charge in [-0.25, -0.2) is 4.68 Å². The number of carbonyl (C=O) groups is 1. The van der Waals surface area contributed by atoms with Gasteiger partial charge < -0.3 is 9.64 Å². The number of para-hydroxylation sites is 1. The number of benzene rings is 2. The third-order valence-electron chi connectivity index (χ3n) is 6.11. The van der Waals surface area contributed by atoms with Gasteiger partial charge in [-0.2, -0.15) is 5.10 Å². The van der Waals surface area contributed by atoms with Crippen molar-refractivity contribution in [2.45, 2.75) is 13.8 Å². The number of rotatable bonds is 6. The summed E-state index contributed by atoms with van der Waals surface area (Å²) < 4.78 is 7.80. The highest BCUT2D eigenvalue weighted by Gasteiger charge is 2.25. The van der Waals surface area contributed by atoms with E-state index < -0.39 is 0 Å². The molecular weight excluding hydrogens is 432 g/mol. The second kappa shape index (κ2) is 9.37. The Morgan fingerprint density at radius 3 is 2.45 bits per heavy atom. The van der Waals surface area contributed by atoms with E-state index in [0.717, 1.165) is 64.9 Å². The summed E-state index contributed by atoms with van der Waals surface area (Å²) in [4.78, 5) is 19.4. The van der Waals surface area contributed by atoms with E-state index in [0.29, 0.717) is 6.61 Å². The molecule has 0 saturated carbocycles. The Hall–Kier alpha value is -3.16. The third kappa shape index (κ3) is 4.65. The average molecular weight is 461 g/mol. The summed E-state index contributed by atoms with van der Waals surface area (Å²) in [5.41, 5.74) is 3.19. The SMILES string of the molecule is Cc1ccc(OCCN2CCN(C(=O)c3cc4c(C)nn(-c5ccccc5)c4s3)CC2)cc1. The number of aromatic nitrogens is 2. The van der Waals surface area contributed by atoms with Gasteiger partial charge in [0.2, 0.25) is 0 Å². The number of fused-ring (bicyclic) bond motifs is 1. The molecule has 1 aliphatic heterocycles. The summed E-state index contributed by atoms with van der Waals surface area (Å²) in [6.45, 7) is 8.80. The van der Waals surface area contributed by atoms with Crippen LogP contribution in [0.3, 0.4) is 0 Å². The van der Waals surface area contributed by atoms with Crippen molar-refractivity contribution in [2.75, 3.05) is 39.3 Å². The number of carbonyl (C=O) groups excluding carboxylic acids is 1. The molecule has 0 atom stereocenters. The smallest absolute Gasteiger partial charge is 0.264 e. The summed E-state index contributed by atoms with van der Waals surface area (Å²) in [6, 6.07) is 20.2. The first-order chi connectivity index (χ1) is 16.1. The molecule has 1 aliphatic rings. The molecule has 2 aromatic heterocycles. The standard InChI is InChI=1S/C26H28N4O2S/c1-19-8-10-22(11-9-19)32-17-16-28-12-14-29(15-13-28)25(31)24-18-23-20(2)27-30(26(23)33-24)21-6-4-3-5-7-21/h3-11,18H,12-17H2,1-2H3. The maximum atomic E-state index is 13.2. The monoisotopic (exact) mass is 460 g/mol. The lowest BCUT2D eigenvalue weighted by atomic mass is 10.2. The molecule has 3 heterocycles. The van der Waals surface area contributed by atoms with Crippen molar-refractivity contribution in [1.29, 1.82) is 0 Å². The van der Waals surface area contributed by atoms with E-state index in [1.807, 2.05) is 65.0 Å². The van der Waals surface area contributed by atoms with Crippen molar-refractivity contribution < 1.29 is 9.53 Å². The highest BCUT2D eigenvalue weighted by Crippen LogP contribution is 2.31. The number of ether oxygens (including phenoxy) is 1. The maximum Gasteiger partial charge on any atom is 0.264 e. The molecule has 5 rings (SSSR count). The second-order valence-electron chi connectivity index (χ2n) is 8.46. The molecule has 0 bridgehead atoms. The lowest BCUT2D eigenvalue weighted by molar-refractivity contribution is 0.0625. The molecule has 4 aromatic rings. The molecule has 0 unspecified atom stereocenters. The Morgan fingerprint density at radius 2 is 1.73 bits per heavy atom. The summed E-state index contributed by atoms with van der Waals surface area (Å²) >= 11 is 1.53. The van der Waals surface area contributed by atoms with Crippen LogP contribution in [0, 0.1) is 13.8 Å². The Morgan fingerprint density at radius 1 is 1.00 bits per heavy atom.